The summed E-state index contributed by atoms with van der Waals surface area (Å²) in [6.45, 7) is 12.4. The van der Waals surface area contributed by atoms with Crippen molar-refractivity contribution in [1.82, 2.24) is 4.57 Å². The fourth-order valence-electron chi connectivity index (χ4n) is 1.55. The van der Waals surface area contributed by atoms with E-state index in [0.717, 1.165) is 0 Å². The third-order valence-corrected chi connectivity index (χ3v) is 2.19. The summed E-state index contributed by atoms with van der Waals surface area (Å²) in [6.07, 6.45) is 2.15. The lowest BCUT2D eigenvalue weighted by atomic mass is 10.2. The van der Waals surface area contributed by atoms with Crippen molar-refractivity contribution in [1.29, 1.82) is 0 Å². The van der Waals surface area contributed by atoms with Gasteiger partial charge in [0.25, 0.3) is 0 Å². The first kappa shape index (κ1) is 18.1. The van der Waals surface area contributed by atoms with E-state index in [9.17, 15) is 0 Å². The van der Waals surface area contributed by atoms with Gasteiger partial charge in [-0.3, -0.25) is 0 Å². The number of aromatic nitrogens is 1. The Morgan fingerprint density at radius 1 is 0.882 bits per heavy atom. The Bertz CT molecular complexity index is 385. The zero-order valence-electron chi connectivity index (χ0n) is 11.5. The van der Waals surface area contributed by atoms with E-state index < -0.39 is 0 Å². The molecule has 1 nitrogen and oxygen atoms in total. The minimum absolute atomic E-state index is 0. The van der Waals surface area contributed by atoms with Gasteiger partial charge in [-0.05, 0) is 31.4 Å². The van der Waals surface area contributed by atoms with Crippen molar-refractivity contribution in [2.45, 2.75) is 55.0 Å². The first-order chi connectivity index (χ1) is 7.79. The van der Waals surface area contributed by atoms with Crippen molar-refractivity contribution >= 4 is 10.9 Å². The van der Waals surface area contributed by atoms with Crippen LogP contribution in [0, 0.1) is 0 Å². The standard InChI is InChI=1S/C11H13N.2C2H6.CH4/c1-9(2)12-8-7-10-5-3-4-6-11(10)12;2*1-2;/h3-9H,1-2H3;2*1-2H3;1H4. The summed E-state index contributed by atoms with van der Waals surface area (Å²) in [5, 5.41) is 1.33. The predicted octanol–water partition coefficient (Wildman–Crippen LogP) is 5.91. The van der Waals surface area contributed by atoms with E-state index in [4.69, 9.17) is 0 Å². The number of hydrogen-bond donors (Lipinski definition) is 0. The minimum atomic E-state index is 0. The second kappa shape index (κ2) is 9.95. The third kappa shape index (κ3) is 4.64. The Morgan fingerprint density at radius 2 is 1.41 bits per heavy atom. The molecule has 0 saturated heterocycles. The monoisotopic (exact) mass is 235 g/mol. The van der Waals surface area contributed by atoms with Crippen molar-refractivity contribution in [2.75, 3.05) is 0 Å². The van der Waals surface area contributed by atoms with Crippen molar-refractivity contribution in [2.24, 2.45) is 0 Å². The molecule has 0 saturated carbocycles. The molecule has 0 amide bonds. The molecule has 1 heterocycles. The highest BCUT2D eigenvalue weighted by molar-refractivity contribution is 5.80. The van der Waals surface area contributed by atoms with Crippen LogP contribution in [-0.4, -0.2) is 4.57 Å². The van der Waals surface area contributed by atoms with E-state index in [1.54, 1.807) is 0 Å². The van der Waals surface area contributed by atoms with Crippen LogP contribution < -0.4 is 0 Å². The minimum Gasteiger partial charge on any atom is -0.345 e. The highest BCUT2D eigenvalue weighted by Gasteiger charge is 2.01. The summed E-state index contributed by atoms with van der Waals surface area (Å²) in [5.74, 6) is 0. The number of para-hydroxylation sites is 1. The summed E-state index contributed by atoms with van der Waals surface area (Å²) in [6, 6.07) is 11.2. The van der Waals surface area contributed by atoms with Crippen LogP contribution in [0.5, 0.6) is 0 Å². The Morgan fingerprint density at radius 3 is 1.94 bits per heavy atom. The second-order valence-electron chi connectivity index (χ2n) is 3.38. The average molecular weight is 235 g/mol. The maximum Gasteiger partial charge on any atom is 0.0482 e. The molecule has 0 bridgehead atoms. The number of rotatable bonds is 1. The summed E-state index contributed by atoms with van der Waals surface area (Å²) < 4.78 is 2.29. The highest BCUT2D eigenvalue weighted by atomic mass is 15.0. The Labute approximate surface area is 107 Å². The largest absolute Gasteiger partial charge is 0.345 e. The van der Waals surface area contributed by atoms with Crippen LogP contribution in [0.2, 0.25) is 0 Å². The van der Waals surface area contributed by atoms with E-state index in [0.29, 0.717) is 6.04 Å². The second-order valence-corrected chi connectivity index (χ2v) is 3.38. The van der Waals surface area contributed by atoms with Crippen LogP contribution in [-0.2, 0) is 0 Å². The number of fused-ring (bicyclic) bond motifs is 1. The SMILES string of the molecule is C.CC.CC.CC(C)n1ccc2ccccc21. The van der Waals surface area contributed by atoms with E-state index in [-0.39, 0.29) is 7.43 Å². The summed E-state index contributed by atoms with van der Waals surface area (Å²) in [4.78, 5) is 0. The molecule has 0 fully saturated rings. The van der Waals surface area contributed by atoms with Gasteiger partial charge in [0.05, 0.1) is 0 Å². The Hall–Kier alpha value is -1.24. The van der Waals surface area contributed by atoms with E-state index in [2.05, 4.69) is 54.9 Å². The van der Waals surface area contributed by atoms with Gasteiger partial charge in [0.1, 0.15) is 0 Å². The Balaban J connectivity index is 0. The normalized spacial score (nSPS) is 8.65. The van der Waals surface area contributed by atoms with E-state index >= 15 is 0 Å². The first-order valence-corrected chi connectivity index (χ1v) is 6.34. The molecule has 2 rings (SSSR count). The molecule has 1 heteroatoms. The molecule has 0 unspecified atom stereocenters. The van der Waals surface area contributed by atoms with Crippen molar-refractivity contribution in [3.05, 3.63) is 36.5 Å². The molecule has 1 aromatic carbocycles. The maximum absolute atomic E-state index is 2.29. The zero-order valence-corrected chi connectivity index (χ0v) is 11.5. The predicted molar refractivity (Wildman–Crippen MR) is 81.8 cm³/mol. The van der Waals surface area contributed by atoms with Gasteiger partial charge in [0.15, 0.2) is 0 Å². The molecule has 0 aliphatic carbocycles. The van der Waals surface area contributed by atoms with Gasteiger partial charge in [-0.1, -0.05) is 53.3 Å². The fourth-order valence-corrected chi connectivity index (χ4v) is 1.55. The highest BCUT2D eigenvalue weighted by Crippen LogP contribution is 2.18. The summed E-state index contributed by atoms with van der Waals surface area (Å²) in [5.41, 5.74) is 1.33. The molecular weight excluding hydrogens is 206 g/mol. The van der Waals surface area contributed by atoms with Gasteiger partial charge in [-0.15, -0.1) is 0 Å². The lowest BCUT2D eigenvalue weighted by Crippen LogP contribution is -1.97. The smallest absolute Gasteiger partial charge is 0.0482 e. The number of benzene rings is 1. The van der Waals surface area contributed by atoms with Crippen LogP contribution in [0.3, 0.4) is 0 Å². The van der Waals surface area contributed by atoms with Gasteiger partial charge < -0.3 is 4.57 Å². The zero-order chi connectivity index (χ0) is 12.6. The molecule has 0 aliphatic heterocycles. The fraction of sp³-hybridized carbons (Fsp3) is 0.500. The van der Waals surface area contributed by atoms with Crippen LogP contribution in [0.15, 0.2) is 36.5 Å². The van der Waals surface area contributed by atoms with Gasteiger partial charge in [-0.25, -0.2) is 0 Å². The number of hydrogen-bond acceptors (Lipinski definition) is 0. The molecule has 0 N–H and O–H groups in total. The van der Waals surface area contributed by atoms with Gasteiger partial charge in [0, 0.05) is 17.8 Å². The first-order valence-electron chi connectivity index (χ1n) is 6.34. The molecule has 0 aliphatic rings. The molecule has 0 radical (unpaired) electrons. The topological polar surface area (TPSA) is 4.93 Å². The van der Waals surface area contributed by atoms with Crippen LogP contribution in [0.1, 0.15) is 55.0 Å². The Kier molecular flexibility index (Phi) is 10.6. The van der Waals surface area contributed by atoms with Crippen molar-refractivity contribution in [3.8, 4) is 0 Å². The van der Waals surface area contributed by atoms with Gasteiger partial charge in [-0.2, -0.15) is 0 Å². The molecular formula is C16H29N. The summed E-state index contributed by atoms with van der Waals surface area (Å²) >= 11 is 0. The molecule has 2 aromatic rings. The van der Waals surface area contributed by atoms with Gasteiger partial charge in [0.2, 0.25) is 0 Å². The quantitative estimate of drug-likeness (QED) is 0.579. The van der Waals surface area contributed by atoms with Gasteiger partial charge >= 0.3 is 0 Å². The van der Waals surface area contributed by atoms with E-state index in [1.807, 2.05) is 27.7 Å². The third-order valence-electron chi connectivity index (χ3n) is 2.19. The lowest BCUT2D eigenvalue weighted by molar-refractivity contribution is 0.623. The number of nitrogens with zero attached hydrogens (tertiary/aromatic N) is 1. The maximum atomic E-state index is 2.29. The molecule has 0 atom stereocenters. The molecule has 98 valence electrons. The van der Waals surface area contributed by atoms with Crippen LogP contribution >= 0.6 is 0 Å². The molecule has 0 spiro atoms. The molecule has 1 aromatic heterocycles. The van der Waals surface area contributed by atoms with Crippen molar-refractivity contribution in [3.63, 3.8) is 0 Å². The van der Waals surface area contributed by atoms with Crippen LogP contribution in [0.4, 0.5) is 0 Å². The van der Waals surface area contributed by atoms with Crippen molar-refractivity contribution < 1.29 is 0 Å². The van der Waals surface area contributed by atoms with Crippen LogP contribution in [0.25, 0.3) is 10.9 Å². The average Bonchev–Trinajstić information content (AvgIpc) is 2.78. The lowest BCUT2D eigenvalue weighted by Gasteiger charge is -2.08. The molecule has 17 heavy (non-hydrogen) atoms. The van der Waals surface area contributed by atoms with E-state index in [1.165, 1.54) is 10.9 Å². The summed E-state index contributed by atoms with van der Waals surface area (Å²) in [7, 11) is 0.